The number of hydrogen-bond acceptors (Lipinski definition) is 5. The van der Waals surface area contributed by atoms with Crippen molar-refractivity contribution in [2.75, 3.05) is 13.7 Å². The van der Waals surface area contributed by atoms with E-state index >= 15 is 0 Å². The van der Waals surface area contributed by atoms with Crippen LogP contribution in [0.25, 0.3) is 11.4 Å². The van der Waals surface area contributed by atoms with Gasteiger partial charge in [-0.05, 0) is 19.1 Å². The largest absolute Gasteiger partial charge is 0.477 e. The van der Waals surface area contributed by atoms with Gasteiger partial charge in [0.15, 0.2) is 5.82 Å². The molecule has 0 unspecified atom stereocenters. The minimum Gasteiger partial charge on any atom is -0.477 e. The highest BCUT2D eigenvalue weighted by molar-refractivity contribution is 5.90. The molecule has 94 valence electrons. The first kappa shape index (κ1) is 12.0. The molecular weight excluding hydrogens is 234 g/mol. The lowest BCUT2D eigenvalue weighted by Crippen LogP contribution is -2.19. The summed E-state index contributed by atoms with van der Waals surface area (Å²) in [6.45, 7) is 2.36. The predicted molar refractivity (Wildman–Crippen MR) is 64.2 cm³/mol. The summed E-state index contributed by atoms with van der Waals surface area (Å²) < 4.78 is 5.38. The third-order valence-electron chi connectivity index (χ3n) is 2.22. The molecule has 18 heavy (non-hydrogen) atoms. The molecule has 7 heteroatoms. The van der Waals surface area contributed by atoms with Gasteiger partial charge in [-0.3, -0.25) is 9.89 Å². The van der Waals surface area contributed by atoms with Crippen LogP contribution in [0.3, 0.4) is 0 Å². The van der Waals surface area contributed by atoms with Crippen molar-refractivity contribution in [1.29, 1.82) is 0 Å². The molecule has 0 aliphatic carbocycles. The van der Waals surface area contributed by atoms with Crippen LogP contribution in [-0.2, 0) is 0 Å². The zero-order valence-electron chi connectivity index (χ0n) is 10.1. The molecule has 2 rings (SSSR count). The molecular formula is C11H13N5O2. The van der Waals surface area contributed by atoms with Crippen LogP contribution in [0, 0.1) is 0 Å². The van der Waals surface area contributed by atoms with E-state index in [1.807, 2.05) is 6.92 Å². The SMILES string of the molecule is CCOc1ncccc1-c1n[nH]c(C(=O)NC)n1. The number of pyridine rings is 1. The summed E-state index contributed by atoms with van der Waals surface area (Å²) in [6, 6.07) is 3.54. The third-order valence-corrected chi connectivity index (χ3v) is 2.22. The summed E-state index contributed by atoms with van der Waals surface area (Å²) in [5.74, 6) is 0.655. The van der Waals surface area contributed by atoms with E-state index < -0.39 is 0 Å². The highest BCUT2D eigenvalue weighted by Gasteiger charge is 2.15. The van der Waals surface area contributed by atoms with Crippen molar-refractivity contribution in [3.63, 3.8) is 0 Å². The van der Waals surface area contributed by atoms with Crippen molar-refractivity contribution in [2.24, 2.45) is 0 Å². The third kappa shape index (κ3) is 2.29. The number of aromatic amines is 1. The van der Waals surface area contributed by atoms with Gasteiger partial charge in [-0.2, -0.15) is 5.10 Å². The van der Waals surface area contributed by atoms with E-state index in [0.29, 0.717) is 23.9 Å². The van der Waals surface area contributed by atoms with Gasteiger partial charge in [0.2, 0.25) is 11.7 Å². The Balaban J connectivity index is 2.36. The summed E-state index contributed by atoms with van der Waals surface area (Å²) in [7, 11) is 1.53. The normalized spacial score (nSPS) is 10.1. The molecule has 2 aromatic rings. The standard InChI is InChI=1S/C11H13N5O2/c1-3-18-11-7(5-4-6-13-11)8-14-9(16-15-8)10(17)12-2/h4-6H,3H2,1-2H3,(H,12,17)(H,14,15,16). The second kappa shape index (κ2) is 5.26. The lowest BCUT2D eigenvalue weighted by atomic mass is 10.2. The Bertz CT molecular complexity index is 552. The molecule has 2 aromatic heterocycles. The smallest absolute Gasteiger partial charge is 0.288 e. The van der Waals surface area contributed by atoms with Crippen molar-refractivity contribution < 1.29 is 9.53 Å². The first-order valence-electron chi connectivity index (χ1n) is 5.49. The van der Waals surface area contributed by atoms with E-state index in [1.165, 1.54) is 7.05 Å². The van der Waals surface area contributed by atoms with E-state index in [0.717, 1.165) is 0 Å². The zero-order valence-corrected chi connectivity index (χ0v) is 10.1. The maximum Gasteiger partial charge on any atom is 0.288 e. The van der Waals surface area contributed by atoms with E-state index in [-0.39, 0.29) is 11.7 Å². The van der Waals surface area contributed by atoms with Crippen molar-refractivity contribution in [2.45, 2.75) is 6.92 Å². The lowest BCUT2D eigenvalue weighted by molar-refractivity contribution is 0.0953. The minimum atomic E-state index is -0.324. The average molecular weight is 247 g/mol. The first-order valence-corrected chi connectivity index (χ1v) is 5.49. The van der Waals surface area contributed by atoms with Crippen molar-refractivity contribution >= 4 is 5.91 Å². The number of amides is 1. The Morgan fingerprint density at radius 3 is 3.11 bits per heavy atom. The van der Waals surface area contributed by atoms with Crippen molar-refractivity contribution in [3.05, 3.63) is 24.2 Å². The Kier molecular flexibility index (Phi) is 3.52. The summed E-state index contributed by atoms with van der Waals surface area (Å²) in [4.78, 5) is 19.6. The maximum absolute atomic E-state index is 11.4. The zero-order chi connectivity index (χ0) is 13.0. The van der Waals surface area contributed by atoms with Crippen LogP contribution in [0.5, 0.6) is 5.88 Å². The first-order chi connectivity index (χ1) is 8.76. The molecule has 0 aliphatic heterocycles. The van der Waals surface area contributed by atoms with Crippen LogP contribution in [0.15, 0.2) is 18.3 Å². The molecule has 0 bridgehead atoms. The van der Waals surface area contributed by atoms with Gasteiger partial charge >= 0.3 is 0 Å². The van der Waals surface area contributed by atoms with Gasteiger partial charge in [-0.25, -0.2) is 9.97 Å². The molecule has 0 aliphatic rings. The summed E-state index contributed by atoms with van der Waals surface area (Å²) >= 11 is 0. The van der Waals surface area contributed by atoms with Crippen LogP contribution in [0.2, 0.25) is 0 Å². The van der Waals surface area contributed by atoms with E-state index in [2.05, 4.69) is 25.5 Å². The number of carbonyl (C=O) groups excluding carboxylic acids is 1. The molecule has 1 amide bonds. The Labute approximate surface area is 104 Å². The molecule has 0 radical (unpaired) electrons. The number of H-pyrrole nitrogens is 1. The van der Waals surface area contributed by atoms with Gasteiger partial charge in [-0.1, -0.05) is 0 Å². The van der Waals surface area contributed by atoms with Gasteiger partial charge in [0.05, 0.1) is 12.2 Å². The number of hydrogen-bond donors (Lipinski definition) is 2. The summed E-state index contributed by atoms with van der Waals surface area (Å²) in [5, 5.41) is 9.02. The highest BCUT2D eigenvalue weighted by Crippen LogP contribution is 2.24. The number of rotatable bonds is 4. The molecule has 0 atom stereocenters. The van der Waals surface area contributed by atoms with Gasteiger partial charge in [0.25, 0.3) is 5.91 Å². The second-order valence-corrected chi connectivity index (χ2v) is 3.38. The topological polar surface area (TPSA) is 92.8 Å². The van der Waals surface area contributed by atoms with Crippen LogP contribution in [0.1, 0.15) is 17.5 Å². The summed E-state index contributed by atoms with van der Waals surface area (Å²) in [6.07, 6.45) is 1.63. The van der Waals surface area contributed by atoms with Crippen molar-refractivity contribution in [1.82, 2.24) is 25.5 Å². The van der Waals surface area contributed by atoms with Crippen LogP contribution >= 0.6 is 0 Å². The van der Waals surface area contributed by atoms with Crippen molar-refractivity contribution in [3.8, 4) is 17.3 Å². The summed E-state index contributed by atoms with van der Waals surface area (Å²) in [5.41, 5.74) is 0.644. The second-order valence-electron chi connectivity index (χ2n) is 3.38. The molecule has 0 saturated heterocycles. The van der Waals surface area contributed by atoms with Gasteiger partial charge in [-0.15, -0.1) is 0 Å². The van der Waals surface area contributed by atoms with Crippen LogP contribution in [-0.4, -0.2) is 39.7 Å². The Morgan fingerprint density at radius 1 is 1.56 bits per heavy atom. The van der Waals surface area contributed by atoms with Crippen LogP contribution in [0.4, 0.5) is 0 Å². The fourth-order valence-electron chi connectivity index (χ4n) is 1.41. The molecule has 7 nitrogen and oxygen atoms in total. The fraction of sp³-hybridized carbons (Fsp3) is 0.273. The Morgan fingerprint density at radius 2 is 2.39 bits per heavy atom. The number of carbonyl (C=O) groups is 1. The predicted octanol–water partition coefficient (Wildman–Crippen LogP) is 0.625. The monoisotopic (exact) mass is 247 g/mol. The molecule has 2 N–H and O–H groups in total. The fourth-order valence-corrected chi connectivity index (χ4v) is 1.41. The average Bonchev–Trinajstić information content (AvgIpc) is 2.88. The molecule has 0 spiro atoms. The van der Waals surface area contributed by atoms with Gasteiger partial charge in [0, 0.05) is 13.2 Å². The minimum absolute atomic E-state index is 0.152. The number of nitrogens with zero attached hydrogens (tertiary/aromatic N) is 3. The number of aromatic nitrogens is 4. The van der Waals surface area contributed by atoms with E-state index in [1.54, 1.807) is 18.3 Å². The lowest BCUT2D eigenvalue weighted by Gasteiger charge is -2.04. The molecule has 0 fully saturated rings. The highest BCUT2D eigenvalue weighted by atomic mass is 16.5. The van der Waals surface area contributed by atoms with Gasteiger partial charge < -0.3 is 10.1 Å². The Hall–Kier alpha value is -2.44. The molecule has 0 aromatic carbocycles. The number of ether oxygens (including phenoxy) is 1. The van der Waals surface area contributed by atoms with E-state index in [9.17, 15) is 4.79 Å². The van der Waals surface area contributed by atoms with Gasteiger partial charge in [0.1, 0.15) is 0 Å². The molecule has 0 saturated carbocycles. The van der Waals surface area contributed by atoms with Crippen LogP contribution < -0.4 is 10.1 Å². The maximum atomic E-state index is 11.4. The van der Waals surface area contributed by atoms with E-state index in [4.69, 9.17) is 4.74 Å². The quantitative estimate of drug-likeness (QED) is 0.826. The number of nitrogens with one attached hydrogen (secondary N) is 2. The molecule has 2 heterocycles.